The lowest BCUT2D eigenvalue weighted by molar-refractivity contribution is -0.130. The summed E-state index contributed by atoms with van der Waals surface area (Å²) in [5.41, 5.74) is 2.14. The SMILES string of the molecule is CCCCCCCn1c(C(C)NC(=O)C2CCCO2)nc2ccccc21. The summed E-state index contributed by atoms with van der Waals surface area (Å²) in [6.07, 6.45) is 7.68. The Hall–Kier alpha value is -1.88. The number of imidazole rings is 1. The molecule has 1 aliphatic rings. The summed E-state index contributed by atoms with van der Waals surface area (Å²) < 4.78 is 7.78. The van der Waals surface area contributed by atoms with E-state index in [4.69, 9.17) is 9.72 Å². The summed E-state index contributed by atoms with van der Waals surface area (Å²) in [5.74, 6) is 0.921. The third-order valence-corrected chi connectivity index (χ3v) is 5.14. The number of hydrogen-bond donors (Lipinski definition) is 1. The number of benzene rings is 1. The second-order valence-corrected chi connectivity index (χ2v) is 7.26. The summed E-state index contributed by atoms with van der Waals surface area (Å²) in [4.78, 5) is 17.2. The summed E-state index contributed by atoms with van der Waals surface area (Å²) in [7, 11) is 0. The molecule has 26 heavy (non-hydrogen) atoms. The van der Waals surface area contributed by atoms with Crippen LogP contribution in [0.15, 0.2) is 24.3 Å². The van der Waals surface area contributed by atoms with Gasteiger partial charge in [0.15, 0.2) is 0 Å². The minimum absolute atomic E-state index is 0.0171. The van der Waals surface area contributed by atoms with Gasteiger partial charge in [0.25, 0.3) is 0 Å². The Morgan fingerprint density at radius 2 is 2.12 bits per heavy atom. The first-order chi connectivity index (χ1) is 12.7. The molecular formula is C21H31N3O2. The van der Waals surface area contributed by atoms with Crippen molar-refractivity contribution in [1.82, 2.24) is 14.9 Å². The monoisotopic (exact) mass is 357 g/mol. The van der Waals surface area contributed by atoms with Crippen LogP contribution >= 0.6 is 0 Å². The Morgan fingerprint density at radius 3 is 2.88 bits per heavy atom. The lowest BCUT2D eigenvalue weighted by Crippen LogP contribution is -2.36. The Morgan fingerprint density at radius 1 is 1.31 bits per heavy atom. The van der Waals surface area contributed by atoms with E-state index in [2.05, 4.69) is 28.9 Å². The van der Waals surface area contributed by atoms with E-state index in [-0.39, 0.29) is 18.1 Å². The Labute approximate surface area is 156 Å². The molecule has 2 atom stereocenters. The van der Waals surface area contributed by atoms with E-state index in [1.165, 1.54) is 25.7 Å². The normalized spacial score (nSPS) is 18.3. The summed E-state index contributed by atoms with van der Waals surface area (Å²) in [6.45, 7) is 5.88. The highest BCUT2D eigenvalue weighted by Gasteiger charge is 2.26. The minimum atomic E-state index is -0.302. The number of carbonyl (C=O) groups is 1. The largest absolute Gasteiger partial charge is 0.368 e. The molecule has 5 nitrogen and oxygen atoms in total. The van der Waals surface area contributed by atoms with Gasteiger partial charge in [-0.1, -0.05) is 44.7 Å². The zero-order chi connectivity index (χ0) is 18.4. The van der Waals surface area contributed by atoms with E-state index in [1.54, 1.807) is 0 Å². The van der Waals surface area contributed by atoms with Gasteiger partial charge in [-0.15, -0.1) is 0 Å². The van der Waals surface area contributed by atoms with Crippen LogP contribution in [0.5, 0.6) is 0 Å². The molecule has 1 fully saturated rings. The fourth-order valence-corrected chi connectivity index (χ4v) is 3.69. The van der Waals surface area contributed by atoms with E-state index in [0.29, 0.717) is 6.61 Å². The van der Waals surface area contributed by atoms with Gasteiger partial charge in [0, 0.05) is 13.2 Å². The Bertz CT molecular complexity index is 719. The fourth-order valence-electron chi connectivity index (χ4n) is 3.69. The van der Waals surface area contributed by atoms with E-state index >= 15 is 0 Å². The van der Waals surface area contributed by atoms with E-state index in [1.807, 2.05) is 19.1 Å². The fraction of sp³-hybridized carbons (Fsp3) is 0.619. The molecule has 0 radical (unpaired) electrons. The number of aromatic nitrogens is 2. The van der Waals surface area contributed by atoms with Crippen molar-refractivity contribution < 1.29 is 9.53 Å². The van der Waals surface area contributed by atoms with E-state index in [9.17, 15) is 4.79 Å². The van der Waals surface area contributed by atoms with Crippen molar-refractivity contribution in [2.45, 2.75) is 77.5 Å². The molecule has 1 N–H and O–H groups in total. The van der Waals surface area contributed by atoms with Gasteiger partial charge in [0.1, 0.15) is 11.9 Å². The first kappa shape index (κ1) is 18.9. The maximum atomic E-state index is 12.4. The molecule has 1 aliphatic heterocycles. The predicted molar refractivity (Wildman–Crippen MR) is 104 cm³/mol. The quantitative estimate of drug-likeness (QED) is 0.678. The number of unbranched alkanes of at least 4 members (excludes halogenated alkanes) is 4. The van der Waals surface area contributed by atoms with Crippen molar-refractivity contribution in [1.29, 1.82) is 0 Å². The van der Waals surface area contributed by atoms with Crippen molar-refractivity contribution in [3.63, 3.8) is 0 Å². The first-order valence-corrected chi connectivity index (χ1v) is 10.1. The molecule has 2 unspecified atom stereocenters. The smallest absolute Gasteiger partial charge is 0.249 e. The van der Waals surface area contributed by atoms with Gasteiger partial charge in [-0.2, -0.15) is 0 Å². The topological polar surface area (TPSA) is 56.2 Å². The molecule has 0 spiro atoms. The highest BCUT2D eigenvalue weighted by molar-refractivity contribution is 5.81. The van der Waals surface area contributed by atoms with Gasteiger partial charge in [-0.25, -0.2) is 4.98 Å². The zero-order valence-electron chi connectivity index (χ0n) is 16.0. The van der Waals surface area contributed by atoms with Crippen LogP contribution in [0, 0.1) is 0 Å². The summed E-state index contributed by atoms with van der Waals surface area (Å²) in [5, 5.41) is 3.10. The van der Waals surface area contributed by atoms with Crippen molar-refractivity contribution >= 4 is 16.9 Å². The molecule has 1 aromatic carbocycles. The Kier molecular flexibility index (Phi) is 6.67. The number of amides is 1. The van der Waals surface area contributed by atoms with Crippen LogP contribution in [0.25, 0.3) is 11.0 Å². The number of ether oxygens (including phenoxy) is 1. The first-order valence-electron chi connectivity index (χ1n) is 10.1. The maximum absolute atomic E-state index is 12.4. The zero-order valence-corrected chi connectivity index (χ0v) is 16.0. The maximum Gasteiger partial charge on any atom is 0.249 e. The number of carbonyl (C=O) groups excluding carboxylic acids is 1. The molecule has 142 valence electrons. The second-order valence-electron chi connectivity index (χ2n) is 7.26. The number of para-hydroxylation sites is 2. The molecule has 1 saturated heterocycles. The molecule has 1 aromatic heterocycles. The van der Waals surface area contributed by atoms with Gasteiger partial charge in [-0.05, 0) is 38.3 Å². The van der Waals surface area contributed by atoms with Crippen molar-refractivity contribution in [2.75, 3.05) is 6.61 Å². The average Bonchev–Trinajstić information content (AvgIpc) is 3.30. The molecule has 0 bridgehead atoms. The lowest BCUT2D eigenvalue weighted by Gasteiger charge is -2.18. The van der Waals surface area contributed by atoms with E-state index < -0.39 is 0 Å². The second kappa shape index (κ2) is 9.17. The van der Waals surface area contributed by atoms with Crippen LogP contribution < -0.4 is 5.32 Å². The standard InChI is InChI=1S/C21H31N3O2/c1-3-4-5-6-9-14-24-18-12-8-7-11-17(18)23-20(24)16(2)22-21(25)19-13-10-15-26-19/h7-8,11-12,16,19H,3-6,9-10,13-15H2,1-2H3,(H,22,25). The number of fused-ring (bicyclic) bond motifs is 1. The van der Waals surface area contributed by atoms with Crippen LogP contribution in [0.1, 0.15) is 70.7 Å². The van der Waals surface area contributed by atoms with Gasteiger partial charge >= 0.3 is 0 Å². The minimum Gasteiger partial charge on any atom is -0.368 e. The number of nitrogens with one attached hydrogen (secondary N) is 1. The average molecular weight is 357 g/mol. The van der Waals surface area contributed by atoms with Crippen LogP contribution in [0.2, 0.25) is 0 Å². The van der Waals surface area contributed by atoms with Gasteiger partial charge in [0.05, 0.1) is 17.1 Å². The van der Waals surface area contributed by atoms with Gasteiger partial charge < -0.3 is 14.6 Å². The number of nitrogens with zero attached hydrogens (tertiary/aromatic N) is 2. The number of aryl methyl sites for hydroxylation is 1. The number of hydrogen-bond acceptors (Lipinski definition) is 3. The third kappa shape index (κ3) is 4.44. The van der Waals surface area contributed by atoms with E-state index in [0.717, 1.165) is 42.7 Å². The molecule has 0 aliphatic carbocycles. The molecule has 1 amide bonds. The highest BCUT2D eigenvalue weighted by Crippen LogP contribution is 2.23. The third-order valence-electron chi connectivity index (χ3n) is 5.14. The highest BCUT2D eigenvalue weighted by atomic mass is 16.5. The van der Waals surface area contributed by atoms with Crippen molar-refractivity contribution in [3.05, 3.63) is 30.1 Å². The Balaban J connectivity index is 1.72. The van der Waals surface area contributed by atoms with Crippen molar-refractivity contribution in [2.24, 2.45) is 0 Å². The van der Waals surface area contributed by atoms with Crippen molar-refractivity contribution in [3.8, 4) is 0 Å². The molecule has 3 rings (SSSR count). The molecular weight excluding hydrogens is 326 g/mol. The van der Waals surface area contributed by atoms with Crippen LogP contribution in [0.4, 0.5) is 0 Å². The van der Waals surface area contributed by atoms with Crippen LogP contribution in [-0.2, 0) is 16.1 Å². The van der Waals surface area contributed by atoms with Crippen LogP contribution in [-0.4, -0.2) is 28.2 Å². The molecule has 5 heteroatoms. The predicted octanol–water partition coefficient (Wildman–Crippen LogP) is 4.36. The number of rotatable bonds is 9. The lowest BCUT2D eigenvalue weighted by atomic mass is 10.1. The van der Waals surface area contributed by atoms with Gasteiger partial charge in [0.2, 0.25) is 5.91 Å². The summed E-state index contributed by atoms with van der Waals surface area (Å²) >= 11 is 0. The molecule has 2 aromatic rings. The molecule has 0 saturated carbocycles. The van der Waals surface area contributed by atoms with Gasteiger partial charge in [-0.3, -0.25) is 4.79 Å². The molecule has 2 heterocycles. The van der Waals surface area contributed by atoms with Crippen LogP contribution in [0.3, 0.4) is 0 Å². The summed E-state index contributed by atoms with van der Waals surface area (Å²) in [6, 6.07) is 8.10.